The van der Waals surface area contributed by atoms with Gasteiger partial charge < -0.3 is 9.64 Å². The molecule has 0 N–H and O–H groups in total. The number of aromatic nitrogens is 5. The number of aryl methyl sites for hydroxylation is 1. The lowest BCUT2D eigenvalue weighted by Crippen LogP contribution is -2.37. The standard InChI is InChI=1S/C25H20F2N6O2/c1-31-14-16-13-17(5-8-19(16)29-31)33-24(34)22(15-3-6-18(7-4-15)35-25(26)27)23-20(30-33)9-10-21(28-23)32-11-2-12-32/h3-10,13-14,25H,2,11-12H2,1H3. The number of halogens is 2. The van der Waals surface area contributed by atoms with Crippen LogP contribution in [0, 0.1) is 0 Å². The Bertz CT molecular complexity index is 1620. The lowest BCUT2D eigenvalue weighted by atomic mass is 10.1. The van der Waals surface area contributed by atoms with E-state index >= 15 is 0 Å². The summed E-state index contributed by atoms with van der Waals surface area (Å²) in [4.78, 5) is 20.7. The van der Waals surface area contributed by atoms with Gasteiger partial charge in [0.15, 0.2) is 0 Å². The van der Waals surface area contributed by atoms with E-state index in [0.717, 1.165) is 36.2 Å². The van der Waals surface area contributed by atoms with Gasteiger partial charge >= 0.3 is 6.61 Å². The van der Waals surface area contributed by atoms with E-state index in [1.807, 2.05) is 37.5 Å². The number of fused-ring (bicyclic) bond motifs is 2. The molecule has 1 aliphatic rings. The number of alkyl halides is 2. The van der Waals surface area contributed by atoms with E-state index in [9.17, 15) is 13.6 Å². The summed E-state index contributed by atoms with van der Waals surface area (Å²) in [5.41, 5.74) is 2.91. The average Bonchev–Trinajstić information content (AvgIpc) is 3.17. The van der Waals surface area contributed by atoms with Crippen molar-refractivity contribution in [3.05, 3.63) is 71.1 Å². The third-order valence-electron chi connectivity index (χ3n) is 6.11. The fraction of sp³-hybridized carbons (Fsp3) is 0.200. The van der Waals surface area contributed by atoms with Crippen LogP contribution in [0.4, 0.5) is 14.6 Å². The molecule has 6 rings (SSSR count). The summed E-state index contributed by atoms with van der Waals surface area (Å²) in [6.07, 6.45) is 2.96. The van der Waals surface area contributed by atoms with Crippen molar-refractivity contribution in [1.29, 1.82) is 0 Å². The van der Waals surface area contributed by atoms with E-state index in [4.69, 9.17) is 4.98 Å². The van der Waals surface area contributed by atoms with E-state index in [2.05, 4.69) is 19.8 Å². The molecule has 3 aromatic heterocycles. The van der Waals surface area contributed by atoms with E-state index in [1.165, 1.54) is 16.8 Å². The summed E-state index contributed by atoms with van der Waals surface area (Å²) in [5.74, 6) is 0.789. The van der Waals surface area contributed by atoms with Crippen LogP contribution in [0.1, 0.15) is 6.42 Å². The smallest absolute Gasteiger partial charge is 0.387 e. The highest BCUT2D eigenvalue weighted by Gasteiger charge is 2.21. The number of pyridine rings is 1. The van der Waals surface area contributed by atoms with Gasteiger partial charge in [0.05, 0.1) is 16.8 Å². The first-order valence-corrected chi connectivity index (χ1v) is 11.1. The van der Waals surface area contributed by atoms with Crippen molar-refractivity contribution in [3.63, 3.8) is 0 Å². The molecule has 0 atom stereocenters. The maximum Gasteiger partial charge on any atom is 0.387 e. The summed E-state index contributed by atoms with van der Waals surface area (Å²) in [6, 6.07) is 15.2. The first-order chi connectivity index (χ1) is 17.0. The van der Waals surface area contributed by atoms with Gasteiger partial charge in [0, 0.05) is 31.7 Å². The highest BCUT2D eigenvalue weighted by Crippen LogP contribution is 2.29. The van der Waals surface area contributed by atoms with Crippen molar-refractivity contribution in [2.75, 3.05) is 18.0 Å². The molecule has 1 saturated heterocycles. The Kier molecular flexibility index (Phi) is 4.94. The van der Waals surface area contributed by atoms with Crippen molar-refractivity contribution in [2.45, 2.75) is 13.0 Å². The van der Waals surface area contributed by atoms with Crippen molar-refractivity contribution in [2.24, 2.45) is 7.05 Å². The van der Waals surface area contributed by atoms with Crippen LogP contribution in [-0.4, -0.2) is 44.2 Å². The molecule has 5 aromatic rings. The van der Waals surface area contributed by atoms with Gasteiger partial charge in [-0.15, -0.1) is 0 Å². The second-order valence-electron chi connectivity index (χ2n) is 8.42. The maximum atomic E-state index is 13.8. The molecule has 1 aliphatic heterocycles. The third kappa shape index (κ3) is 3.76. The molecular formula is C25H20F2N6O2. The predicted molar refractivity (Wildman–Crippen MR) is 128 cm³/mol. The third-order valence-corrected chi connectivity index (χ3v) is 6.11. The van der Waals surface area contributed by atoms with Gasteiger partial charge in [-0.2, -0.15) is 23.7 Å². The summed E-state index contributed by atoms with van der Waals surface area (Å²) in [6.45, 7) is -1.12. The Balaban J connectivity index is 1.56. The molecule has 2 aromatic carbocycles. The van der Waals surface area contributed by atoms with Gasteiger partial charge in [0.2, 0.25) is 0 Å². The molecule has 1 fully saturated rings. The predicted octanol–water partition coefficient (Wildman–Crippen LogP) is 4.15. The normalized spacial score (nSPS) is 13.5. The van der Waals surface area contributed by atoms with Crippen LogP contribution in [0.15, 0.2) is 65.6 Å². The summed E-state index contributed by atoms with van der Waals surface area (Å²) in [7, 11) is 1.83. The molecule has 10 heteroatoms. The molecule has 8 nitrogen and oxygen atoms in total. The van der Waals surface area contributed by atoms with Crippen molar-refractivity contribution >= 4 is 27.8 Å². The lowest BCUT2D eigenvalue weighted by Gasteiger charge is -2.32. The first kappa shape index (κ1) is 21.2. The zero-order valence-corrected chi connectivity index (χ0v) is 18.7. The number of benzene rings is 2. The van der Waals surface area contributed by atoms with E-state index < -0.39 is 6.61 Å². The van der Waals surface area contributed by atoms with Gasteiger partial charge in [0.1, 0.15) is 22.6 Å². The lowest BCUT2D eigenvalue weighted by molar-refractivity contribution is -0.0498. The van der Waals surface area contributed by atoms with Crippen LogP contribution in [0.2, 0.25) is 0 Å². The molecular weight excluding hydrogens is 454 g/mol. The number of hydrogen-bond acceptors (Lipinski definition) is 6. The monoisotopic (exact) mass is 474 g/mol. The van der Waals surface area contributed by atoms with Crippen molar-refractivity contribution in [3.8, 4) is 22.6 Å². The van der Waals surface area contributed by atoms with E-state index in [1.54, 1.807) is 22.9 Å². The SMILES string of the molecule is Cn1cc2cc(-n3nc4ccc(N5CCC5)nc4c(-c4ccc(OC(F)F)cc4)c3=O)ccc2n1. The molecule has 0 bridgehead atoms. The molecule has 4 heterocycles. The molecule has 0 unspecified atom stereocenters. The Morgan fingerprint density at radius 3 is 2.46 bits per heavy atom. The minimum atomic E-state index is -2.93. The molecule has 0 spiro atoms. The van der Waals surface area contributed by atoms with Crippen LogP contribution < -0.4 is 15.2 Å². The van der Waals surface area contributed by atoms with E-state index in [0.29, 0.717) is 27.8 Å². The van der Waals surface area contributed by atoms with Crippen LogP contribution in [-0.2, 0) is 7.05 Å². The number of hydrogen-bond donors (Lipinski definition) is 0. The van der Waals surface area contributed by atoms with Crippen LogP contribution in [0.5, 0.6) is 5.75 Å². The molecule has 0 aliphatic carbocycles. The fourth-order valence-corrected chi connectivity index (χ4v) is 4.29. The van der Waals surface area contributed by atoms with Gasteiger partial charge in [-0.3, -0.25) is 9.48 Å². The van der Waals surface area contributed by atoms with Crippen LogP contribution >= 0.6 is 0 Å². The minimum absolute atomic E-state index is 0.0127. The summed E-state index contributed by atoms with van der Waals surface area (Å²) >= 11 is 0. The molecule has 0 saturated carbocycles. The Labute approximate surface area is 198 Å². The number of ether oxygens (including phenoxy) is 1. The minimum Gasteiger partial charge on any atom is -0.435 e. The zero-order chi connectivity index (χ0) is 24.1. The van der Waals surface area contributed by atoms with Crippen molar-refractivity contribution < 1.29 is 13.5 Å². The van der Waals surface area contributed by atoms with Crippen LogP contribution in [0.3, 0.4) is 0 Å². The number of anilines is 1. The van der Waals surface area contributed by atoms with Gasteiger partial charge in [-0.1, -0.05) is 12.1 Å². The maximum absolute atomic E-state index is 13.8. The van der Waals surface area contributed by atoms with Gasteiger partial charge in [0.25, 0.3) is 5.56 Å². The topological polar surface area (TPSA) is 78.1 Å². The molecule has 35 heavy (non-hydrogen) atoms. The molecule has 0 amide bonds. The zero-order valence-electron chi connectivity index (χ0n) is 18.7. The number of nitrogens with zero attached hydrogens (tertiary/aromatic N) is 6. The highest BCUT2D eigenvalue weighted by molar-refractivity contribution is 5.92. The Morgan fingerprint density at radius 1 is 0.971 bits per heavy atom. The second-order valence-corrected chi connectivity index (χ2v) is 8.42. The Hall–Kier alpha value is -4.34. The van der Waals surface area contributed by atoms with Gasteiger partial charge in [-0.25, -0.2) is 4.98 Å². The second kappa shape index (κ2) is 8.15. The van der Waals surface area contributed by atoms with Crippen LogP contribution in [0.25, 0.3) is 38.8 Å². The van der Waals surface area contributed by atoms with E-state index in [-0.39, 0.29) is 11.3 Å². The number of rotatable bonds is 5. The largest absolute Gasteiger partial charge is 0.435 e. The highest BCUT2D eigenvalue weighted by atomic mass is 19.3. The Morgan fingerprint density at radius 2 is 1.74 bits per heavy atom. The van der Waals surface area contributed by atoms with Crippen molar-refractivity contribution in [1.82, 2.24) is 24.5 Å². The molecule has 176 valence electrons. The fourth-order valence-electron chi connectivity index (χ4n) is 4.29. The summed E-state index contributed by atoms with van der Waals surface area (Å²) in [5, 5.41) is 9.88. The summed E-state index contributed by atoms with van der Waals surface area (Å²) < 4.78 is 32.8. The molecule has 0 radical (unpaired) electrons. The average molecular weight is 474 g/mol. The first-order valence-electron chi connectivity index (χ1n) is 11.1. The van der Waals surface area contributed by atoms with Gasteiger partial charge in [-0.05, 0) is 54.4 Å². The quantitative estimate of drug-likeness (QED) is 0.381.